The Kier molecular flexibility index (Phi) is 5.81. The van der Waals surface area contributed by atoms with E-state index in [0.29, 0.717) is 31.7 Å². The zero-order valence-corrected chi connectivity index (χ0v) is 20.0. The third-order valence-corrected chi connectivity index (χ3v) is 6.80. The van der Waals surface area contributed by atoms with E-state index in [1.807, 2.05) is 49.4 Å². The average molecular weight is 487 g/mol. The number of amides is 1. The molecule has 1 atom stereocenters. The normalized spacial score (nSPS) is 19.5. The van der Waals surface area contributed by atoms with E-state index in [2.05, 4.69) is 6.08 Å². The van der Waals surface area contributed by atoms with Crippen molar-refractivity contribution in [3.8, 4) is 11.5 Å². The fourth-order valence-electron chi connectivity index (χ4n) is 5.05. The van der Waals surface area contributed by atoms with E-state index in [0.717, 1.165) is 51.2 Å². The minimum atomic E-state index is -0.496. The number of allylic oxidation sites excluding steroid dienone is 1. The van der Waals surface area contributed by atoms with E-state index in [-0.39, 0.29) is 25.4 Å². The third-order valence-electron chi connectivity index (χ3n) is 6.80. The molecule has 0 N–H and O–H groups in total. The summed E-state index contributed by atoms with van der Waals surface area (Å²) in [6.07, 6.45) is 3.47. The molecule has 3 heterocycles. The van der Waals surface area contributed by atoms with Gasteiger partial charge >= 0.3 is 5.97 Å². The van der Waals surface area contributed by atoms with Crippen molar-refractivity contribution in [1.29, 1.82) is 0 Å². The summed E-state index contributed by atoms with van der Waals surface area (Å²) in [5, 5.41) is 0.734. The molecule has 6 rings (SSSR count). The lowest BCUT2D eigenvalue weighted by atomic mass is 10.0. The van der Waals surface area contributed by atoms with Gasteiger partial charge in [0.25, 0.3) is 5.91 Å². The van der Waals surface area contributed by atoms with Crippen LogP contribution in [0.5, 0.6) is 11.5 Å². The van der Waals surface area contributed by atoms with Crippen LogP contribution in [0.2, 0.25) is 0 Å². The molecule has 1 unspecified atom stereocenters. The number of hydrogen-bond acceptors (Lipinski definition) is 7. The highest BCUT2D eigenvalue weighted by molar-refractivity contribution is 6.07. The number of benzene rings is 2. The van der Waals surface area contributed by atoms with Gasteiger partial charge in [-0.1, -0.05) is 24.3 Å². The zero-order chi connectivity index (χ0) is 24.6. The van der Waals surface area contributed by atoms with Gasteiger partial charge in [-0.25, -0.2) is 9.78 Å². The molecule has 3 aromatic rings. The second kappa shape index (κ2) is 9.28. The molecule has 8 nitrogen and oxygen atoms in total. The highest BCUT2D eigenvalue weighted by Crippen LogP contribution is 2.39. The molecule has 1 fully saturated rings. The van der Waals surface area contributed by atoms with E-state index >= 15 is 0 Å². The van der Waals surface area contributed by atoms with Gasteiger partial charge in [0.05, 0.1) is 29.5 Å². The molecule has 184 valence electrons. The highest BCUT2D eigenvalue weighted by Gasteiger charge is 2.29. The first-order valence-electron chi connectivity index (χ1n) is 12.2. The first-order chi connectivity index (χ1) is 17.6. The minimum absolute atomic E-state index is 0.0271. The van der Waals surface area contributed by atoms with Crippen LogP contribution in [0, 0.1) is 0 Å². The van der Waals surface area contributed by atoms with E-state index in [1.54, 1.807) is 4.90 Å². The van der Waals surface area contributed by atoms with Crippen LogP contribution in [0.3, 0.4) is 0 Å². The number of para-hydroxylation sites is 1. The average Bonchev–Trinajstić information content (AvgIpc) is 3.52. The van der Waals surface area contributed by atoms with Crippen molar-refractivity contribution in [2.45, 2.75) is 25.9 Å². The summed E-state index contributed by atoms with van der Waals surface area (Å²) in [5.74, 6) is 0.748. The molecule has 0 spiro atoms. The van der Waals surface area contributed by atoms with Crippen molar-refractivity contribution in [3.63, 3.8) is 0 Å². The molecule has 0 bridgehead atoms. The lowest BCUT2D eigenvalue weighted by Gasteiger charge is -2.31. The highest BCUT2D eigenvalue weighted by atomic mass is 16.7. The predicted molar refractivity (Wildman–Crippen MR) is 133 cm³/mol. The van der Waals surface area contributed by atoms with Crippen LogP contribution in [-0.2, 0) is 20.7 Å². The van der Waals surface area contributed by atoms with Crippen LogP contribution in [0.15, 0.2) is 42.5 Å². The number of fused-ring (bicyclic) bond motifs is 3. The molecule has 36 heavy (non-hydrogen) atoms. The molecule has 1 amide bonds. The van der Waals surface area contributed by atoms with Crippen LogP contribution < -0.4 is 9.47 Å². The molecule has 0 saturated carbocycles. The van der Waals surface area contributed by atoms with Crippen LogP contribution in [0.1, 0.15) is 40.5 Å². The number of carbonyl (C=O) groups excluding carboxylic acids is 2. The van der Waals surface area contributed by atoms with Gasteiger partial charge in [-0.15, -0.1) is 0 Å². The van der Waals surface area contributed by atoms with Gasteiger partial charge in [0.2, 0.25) is 6.79 Å². The first-order valence-corrected chi connectivity index (χ1v) is 12.2. The van der Waals surface area contributed by atoms with Crippen molar-refractivity contribution in [2.75, 3.05) is 33.1 Å². The van der Waals surface area contributed by atoms with Crippen molar-refractivity contribution in [2.24, 2.45) is 0 Å². The Labute approximate surface area is 208 Å². The number of pyridine rings is 1. The molecule has 8 heteroatoms. The largest absolute Gasteiger partial charge is 0.454 e. The summed E-state index contributed by atoms with van der Waals surface area (Å²) in [7, 11) is 0. The van der Waals surface area contributed by atoms with Gasteiger partial charge < -0.3 is 23.8 Å². The molecule has 2 aromatic carbocycles. The fraction of sp³-hybridized carbons (Fsp3) is 0.321. The molecular weight excluding hydrogens is 460 g/mol. The number of ether oxygens (including phenoxy) is 4. The lowest BCUT2D eigenvalue weighted by Crippen LogP contribution is -2.46. The van der Waals surface area contributed by atoms with Crippen molar-refractivity contribution < 1.29 is 28.5 Å². The summed E-state index contributed by atoms with van der Waals surface area (Å²) < 4.78 is 22.0. The summed E-state index contributed by atoms with van der Waals surface area (Å²) >= 11 is 0. The number of carbonyl (C=O) groups is 2. The Bertz CT molecular complexity index is 1400. The number of hydrogen-bond donors (Lipinski definition) is 0. The van der Waals surface area contributed by atoms with E-state index in [9.17, 15) is 9.59 Å². The second-order valence-electron chi connectivity index (χ2n) is 9.21. The van der Waals surface area contributed by atoms with Crippen molar-refractivity contribution >= 4 is 34.4 Å². The Morgan fingerprint density at radius 2 is 2.00 bits per heavy atom. The standard InChI is InChI=1S/C28H26N2O6/c1-17-14-30(10-11-33-17)25(31)15-34-28(32)26-20-4-2-3-5-22(20)29-27-19(7-8-21(26)27)12-18-6-9-23-24(13-18)36-16-35-23/h2-6,9,12-13,17H,7-8,10-11,14-16H2,1H3/b19-12+. The quantitative estimate of drug-likeness (QED) is 0.518. The maximum Gasteiger partial charge on any atom is 0.339 e. The van der Waals surface area contributed by atoms with Gasteiger partial charge in [0.1, 0.15) is 0 Å². The lowest BCUT2D eigenvalue weighted by molar-refractivity contribution is -0.141. The van der Waals surface area contributed by atoms with Crippen LogP contribution in [0.4, 0.5) is 0 Å². The van der Waals surface area contributed by atoms with Crippen molar-refractivity contribution in [1.82, 2.24) is 9.88 Å². The summed E-state index contributed by atoms with van der Waals surface area (Å²) in [5.41, 5.74) is 4.89. The Morgan fingerprint density at radius 3 is 2.89 bits per heavy atom. The Hall–Kier alpha value is -3.91. The van der Waals surface area contributed by atoms with Gasteiger partial charge in [-0.05, 0) is 60.7 Å². The number of aromatic nitrogens is 1. The molecule has 1 saturated heterocycles. The second-order valence-corrected chi connectivity index (χ2v) is 9.21. The summed E-state index contributed by atoms with van der Waals surface area (Å²) in [6, 6.07) is 13.4. The molecule has 2 aliphatic heterocycles. The number of nitrogens with zero attached hydrogens (tertiary/aromatic N) is 2. The minimum Gasteiger partial charge on any atom is -0.454 e. The van der Waals surface area contributed by atoms with Gasteiger partial charge in [0.15, 0.2) is 18.1 Å². The van der Waals surface area contributed by atoms with E-state index < -0.39 is 5.97 Å². The first kappa shape index (κ1) is 22.5. The third kappa shape index (κ3) is 4.18. The van der Waals surface area contributed by atoms with Crippen LogP contribution in [0.25, 0.3) is 22.6 Å². The molecule has 0 radical (unpaired) electrons. The molecular formula is C28H26N2O6. The van der Waals surface area contributed by atoms with E-state index in [4.69, 9.17) is 23.9 Å². The topological polar surface area (TPSA) is 87.2 Å². The van der Waals surface area contributed by atoms with Crippen LogP contribution in [-0.4, -0.2) is 61.0 Å². The Balaban J connectivity index is 1.30. The molecule has 3 aliphatic rings. The molecule has 1 aromatic heterocycles. The SMILES string of the molecule is CC1CN(C(=O)COC(=O)c2c3c(nc4ccccc24)/C(=C/c2ccc4c(c2)OCO4)CC3)CCO1. The Morgan fingerprint density at radius 1 is 1.14 bits per heavy atom. The van der Waals surface area contributed by atoms with Gasteiger partial charge in [-0.2, -0.15) is 0 Å². The smallest absolute Gasteiger partial charge is 0.339 e. The number of esters is 1. The maximum atomic E-state index is 13.4. The summed E-state index contributed by atoms with van der Waals surface area (Å²) in [4.78, 5) is 32.6. The van der Waals surface area contributed by atoms with Gasteiger partial charge in [-0.3, -0.25) is 4.79 Å². The number of rotatable bonds is 4. The fourth-order valence-corrected chi connectivity index (χ4v) is 5.05. The maximum absolute atomic E-state index is 13.4. The summed E-state index contributed by atoms with van der Waals surface area (Å²) in [6.45, 7) is 3.34. The van der Waals surface area contributed by atoms with E-state index in [1.165, 1.54) is 0 Å². The monoisotopic (exact) mass is 486 g/mol. The predicted octanol–water partition coefficient (Wildman–Crippen LogP) is 3.85. The zero-order valence-electron chi connectivity index (χ0n) is 20.0. The van der Waals surface area contributed by atoms with Crippen LogP contribution >= 0.6 is 0 Å². The number of morpholine rings is 1. The van der Waals surface area contributed by atoms with Gasteiger partial charge in [0, 0.05) is 18.5 Å². The molecule has 1 aliphatic carbocycles. The van der Waals surface area contributed by atoms with Crippen molar-refractivity contribution in [3.05, 3.63) is 64.8 Å².